The zero-order chi connectivity index (χ0) is 12.8. The van der Waals surface area contributed by atoms with Crippen molar-refractivity contribution in [2.75, 3.05) is 0 Å². The third-order valence-electron chi connectivity index (χ3n) is 2.36. The Morgan fingerprint density at radius 2 is 1.22 bits per heavy atom. The number of aromatic nitrogens is 2. The molecule has 18 heavy (non-hydrogen) atoms. The van der Waals surface area contributed by atoms with Crippen LogP contribution in [-0.4, -0.2) is 0 Å². The van der Waals surface area contributed by atoms with Gasteiger partial charge in [0.2, 0.25) is 0 Å². The minimum absolute atomic E-state index is 0.966. The average molecular weight is 234 g/mol. The minimum Gasteiger partial charge on any atom is -0.207 e. The lowest BCUT2D eigenvalue weighted by atomic mass is 10.2. The van der Waals surface area contributed by atoms with Gasteiger partial charge in [-0.3, -0.25) is 0 Å². The summed E-state index contributed by atoms with van der Waals surface area (Å²) in [4.78, 5) is 0. The normalized spacial score (nSPS) is 8.78. The van der Waals surface area contributed by atoms with Crippen molar-refractivity contribution in [1.29, 1.82) is 0 Å². The van der Waals surface area contributed by atoms with Crippen molar-refractivity contribution < 1.29 is 9.13 Å². The molecular formula is C16H14N2+2. The number of pyridine rings is 2. The maximum absolute atomic E-state index is 3.02. The van der Waals surface area contributed by atoms with Crippen LogP contribution in [0, 0.1) is 23.7 Å². The SMILES string of the molecule is C[n+]1cccc(C#CC#Cc2ccc[n+](C)c2)c1. The highest BCUT2D eigenvalue weighted by Gasteiger charge is 1.93. The van der Waals surface area contributed by atoms with E-state index in [9.17, 15) is 0 Å². The Morgan fingerprint density at radius 3 is 1.61 bits per heavy atom. The van der Waals surface area contributed by atoms with E-state index in [1.807, 2.05) is 72.3 Å². The second-order valence-electron chi connectivity index (χ2n) is 4.02. The van der Waals surface area contributed by atoms with Gasteiger partial charge in [-0.15, -0.1) is 0 Å². The van der Waals surface area contributed by atoms with Gasteiger partial charge >= 0.3 is 0 Å². The summed E-state index contributed by atoms with van der Waals surface area (Å²) in [5.74, 6) is 11.8. The highest BCUT2D eigenvalue weighted by atomic mass is 14.9. The first-order valence-electron chi connectivity index (χ1n) is 5.67. The zero-order valence-corrected chi connectivity index (χ0v) is 10.5. The molecule has 0 saturated carbocycles. The molecule has 0 aromatic carbocycles. The molecule has 0 N–H and O–H groups in total. The van der Waals surface area contributed by atoms with Gasteiger partial charge in [-0.25, -0.2) is 9.13 Å². The molecule has 0 aliphatic heterocycles. The average Bonchev–Trinajstić information content (AvgIpc) is 2.35. The molecule has 0 saturated heterocycles. The molecule has 0 aliphatic carbocycles. The van der Waals surface area contributed by atoms with Crippen molar-refractivity contribution in [3.8, 4) is 23.7 Å². The molecule has 0 atom stereocenters. The van der Waals surface area contributed by atoms with Crippen molar-refractivity contribution >= 4 is 0 Å². The first-order valence-corrected chi connectivity index (χ1v) is 5.67. The van der Waals surface area contributed by atoms with Crippen LogP contribution in [0.5, 0.6) is 0 Å². The van der Waals surface area contributed by atoms with Crippen molar-refractivity contribution in [3.05, 3.63) is 60.2 Å². The monoisotopic (exact) mass is 234 g/mol. The van der Waals surface area contributed by atoms with Crippen molar-refractivity contribution in [2.24, 2.45) is 14.1 Å². The van der Waals surface area contributed by atoms with Crippen LogP contribution in [0.3, 0.4) is 0 Å². The summed E-state index contributed by atoms with van der Waals surface area (Å²) in [6, 6.07) is 7.87. The molecule has 2 nitrogen and oxygen atoms in total. The molecule has 2 rings (SSSR count). The minimum atomic E-state index is 0.966. The topological polar surface area (TPSA) is 7.76 Å². The lowest BCUT2D eigenvalue weighted by Gasteiger charge is -1.86. The van der Waals surface area contributed by atoms with Crippen molar-refractivity contribution in [2.45, 2.75) is 0 Å². The fourth-order valence-electron chi connectivity index (χ4n) is 1.53. The van der Waals surface area contributed by atoms with Gasteiger partial charge < -0.3 is 0 Å². The van der Waals surface area contributed by atoms with Crippen molar-refractivity contribution in [3.63, 3.8) is 0 Å². The van der Waals surface area contributed by atoms with Gasteiger partial charge in [-0.2, -0.15) is 0 Å². The van der Waals surface area contributed by atoms with Crippen LogP contribution < -0.4 is 9.13 Å². The highest BCUT2D eigenvalue weighted by Crippen LogP contribution is 1.91. The molecular weight excluding hydrogens is 220 g/mol. The van der Waals surface area contributed by atoms with E-state index < -0.39 is 0 Å². The van der Waals surface area contributed by atoms with E-state index in [2.05, 4.69) is 23.7 Å². The maximum Gasteiger partial charge on any atom is 0.184 e. The summed E-state index contributed by atoms with van der Waals surface area (Å²) in [5.41, 5.74) is 1.93. The first kappa shape index (κ1) is 11.9. The third-order valence-corrected chi connectivity index (χ3v) is 2.36. The molecule has 0 fully saturated rings. The van der Waals surface area contributed by atoms with Crippen LogP contribution in [0.1, 0.15) is 11.1 Å². The Bertz CT molecular complexity index is 618. The number of hydrogen-bond acceptors (Lipinski definition) is 0. The second-order valence-corrected chi connectivity index (χ2v) is 4.02. The molecule has 0 aliphatic rings. The van der Waals surface area contributed by atoms with E-state index in [-0.39, 0.29) is 0 Å². The van der Waals surface area contributed by atoms with Gasteiger partial charge in [0.1, 0.15) is 14.1 Å². The van der Waals surface area contributed by atoms with Gasteiger partial charge in [0, 0.05) is 12.1 Å². The summed E-state index contributed by atoms with van der Waals surface area (Å²) in [7, 11) is 3.95. The molecule has 0 radical (unpaired) electrons. The largest absolute Gasteiger partial charge is 0.207 e. The molecule has 2 aromatic heterocycles. The number of aryl methyl sites for hydroxylation is 2. The molecule has 2 heterocycles. The maximum atomic E-state index is 3.02. The van der Waals surface area contributed by atoms with E-state index in [0.717, 1.165) is 11.1 Å². The quantitative estimate of drug-likeness (QED) is 0.469. The first-order chi connectivity index (χ1) is 8.74. The van der Waals surface area contributed by atoms with E-state index >= 15 is 0 Å². The highest BCUT2D eigenvalue weighted by molar-refractivity contribution is 5.42. The molecule has 0 amide bonds. The fourth-order valence-corrected chi connectivity index (χ4v) is 1.53. The van der Waals surface area contributed by atoms with Crippen LogP contribution in [0.15, 0.2) is 49.1 Å². The summed E-state index contributed by atoms with van der Waals surface area (Å²) in [6.45, 7) is 0. The second kappa shape index (κ2) is 5.66. The predicted molar refractivity (Wildman–Crippen MR) is 69.0 cm³/mol. The number of rotatable bonds is 0. The fraction of sp³-hybridized carbons (Fsp3) is 0.125. The summed E-state index contributed by atoms with van der Waals surface area (Å²) < 4.78 is 3.93. The Hall–Kier alpha value is -2.58. The van der Waals surface area contributed by atoms with Crippen LogP contribution in [-0.2, 0) is 14.1 Å². The number of nitrogens with zero attached hydrogens (tertiary/aromatic N) is 2. The van der Waals surface area contributed by atoms with Gasteiger partial charge in [0.05, 0.1) is 11.1 Å². The molecule has 0 unspecified atom stereocenters. The van der Waals surface area contributed by atoms with Crippen LogP contribution in [0.2, 0.25) is 0 Å². The third kappa shape index (κ3) is 3.47. The van der Waals surface area contributed by atoms with E-state index in [4.69, 9.17) is 0 Å². The molecule has 0 spiro atoms. The predicted octanol–water partition coefficient (Wildman–Crippen LogP) is 0.739. The van der Waals surface area contributed by atoms with Gasteiger partial charge in [-0.1, -0.05) is 0 Å². The standard InChI is InChI=1S/C16H14N2/c1-17-11-5-9-15(13-17)7-3-4-8-16-10-6-12-18(2)14-16/h5-6,9-14H,1-2H3/q+2. The Labute approximate surface area is 108 Å². The van der Waals surface area contributed by atoms with Gasteiger partial charge in [0.15, 0.2) is 24.8 Å². The molecule has 0 bridgehead atoms. The Kier molecular flexibility index (Phi) is 3.74. The summed E-state index contributed by atoms with van der Waals surface area (Å²) >= 11 is 0. The lowest BCUT2D eigenvalue weighted by Crippen LogP contribution is -2.26. The Balaban J connectivity index is 2.14. The summed E-state index contributed by atoms with van der Waals surface area (Å²) in [5, 5.41) is 0. The van der Waals surface area contributed by atoms with Crippen LogP contribution >= 0.6 is 0 Å². The van der Waals surface area contributed by atoms with E-state index in [0.29, 0.717) is 0 Å². The summed E-state index contributed by atoms with van der Waals surface area (Å²) in [6.07, 6.45) is 7.88. The lowest BCUT2D eigenvalue weighted by molar-refractivity contribution is -0.671. The Morgan fingerprint density at radius 1 is 0.778 bits per heavy atom. The number of hydrogen-bond donors (Lipinski definition) is 0. The molecule has 86 valence electrons. The van der Waals surface area contributed by atoms with Crippen LogP contribution in [0.25, 0.3) is 0 Å². The zero-order valence-electron chi connectivity index (χ0n) is 10.5. The van der Waals surface area contributed by atoms with Gasteiger partial charge in [-0.05, 0) is 35.8 Å². The smallest absolute Gasteiger partial charge is 0.184 e. The van der Waals surface area contributed by atoms with Crippen LogP contribution in [0.4, 0.5) is 0 Å². The van der Waals surface area contributed by atoms with Crippen molar-refractivity contribution in [1.82, 2.24) is 0 Å². The molecule has 2 aromatic rings. The van der Waals surface area contributed by atoms with E-state index in [1.54, 1.807) is 0 Å². The molecule has 2 heteroatoms. The van der Waals surface area contributed by atoms with Gasteiger partial charge in [0.25, 0.3) is 0 Å². The van der Waals surface area contributed by atoms with E-state index in [1.165, 1.54) is 0 Å².